The minimum absolute atomic E-state index is 0.0921. The maximum absolute atomic E-state index is 13.7. The number of hydrogen-bond donors (Lipinski definition) is 1. The normalized spacial score (nSPS) is 11.1. The van der Waals surface area contributed by atoms with E-state index in [9.17, 15) is 23.2 Å². The fraction of sp³-hybridized carbons (Fsp3) is 0.250. The van der Waals surface area contributed by atoms with Gasteiger partial charge in [0.25, 0.3) is 12.3 Å². The highest BCUT2D eigenvalue weighted by molar-refractivity contribution is 7.21. The molecule has 2 aromatic carbocycles. The van der Waals surface area contributed by atoms with E-state index in [0.717, 1.165) is 21.2 Å². The first-order valence-electron chi connectivity index (χ1n) is 11.9. The van der Waals surface area contributed by atoms with Crippen molar-refractivity contribution in [3.05, 3.63) is 87.2 Å². The van der Waals surface area contributed by atoms with Crippen LogP contribution in [0.25, 0.3) is 21.2 Å². The molecule has 0 radical (unpaired) electrons. The molecule has 198 valence electrons. The van der Waals surface area contributed by atoms with Crippen LogP contribution in [0.2, 0.25) is 0 Å². The summed E-state index contributed by atoms with van der Waals surface area (Å²) in [5.74, 6) is 0.0932. The highest BCUT2D eigenvalue weighted by Crippen LogP contribution is 2.40. The van der Waals surface area contributed by atoms with Crippen LogP contribution in [0.3, 0.4) is 0 Å². The van der Waals surface area contributed by atoms with Crippen molar-refractivity contribution in [3.63, 3.8) is 0 Å². The highest BCUT2D eigenvalue weighted by atomic mass is 32.1. The number of hydrogen-bond acceptors (Lipinski definition) is 5. The Kier molecular flexibility index (Phi) is 8.21. The summed E-state index contributed by atoms with van der Waals surface area (Å²) in [5, 5.41) is 3.30. The first-order chi connectivity index (χ1) is 18.2. The number of nitrogens with one attached hydrogen (secondary N) is 1. The molecule has 0 spiro atoms. The maximum atomic E-state index is 13.7. The van der Waals surface area contributed by atoms with Gasteiger partial charge < -0.3 is 19.5 Å². The maximum Gasteiger partial charge on any atom is 0.264 e. The summed E-state index contributed by atoms with van der Waals surface area (Å²) < 4.78 is 33.8. The molecule has 2 aromatic heterocycles. The fourth-order valence-corrected chi connectivity index (χ4v) is 5.30. The molecule has 2 amide bonds. The minimum Gasteiger partial charge on any atom is -0.496 e. The van der Waals surface area contributed by atoms with Crippen molar-refractivity contribution < 1.29 is 23.1 Å². The molecule has 2 heterocycles. The summed E-state index contributed by atoms with van der Waals surface area (Å²) in [5.41, 5.74) is 2.11. The molecule has 4 rings (SSSR count). The second kappa shape index (κ2) is 11.6. The number of methoxy groups -OCH3 is 1. The van der Waals surface area contributed by atoms with Crippen LogP contribution in [-0.4, -0.2) is 42.0 Å². The van der Waals surface area contributed by atoms with Crippen LogP contribution in [0.5, 0.6) is 5.75 Å². The van der Waals surface area contributed by atoms with Gasteiger partial charge in [0.15, 0.2) is 0 Å². The largest absolute Gasteiger partial charge is 0.496 e. The average molecular weight is 540 g/mol. The number of carbonyl (C=O) groups excluding carboxylic acids is 2. The third-order valence-corrected chi connectivity index (χ3v) is 7.41. The predicted octanol–water partition coefficient (Wildman–Crippen LogP) is 4.99. The number of thiophene rings is 1. The molecule has 0 fully saturated rings. The molecule has 0 atom stereocenters. The van der Waals surface area contributed by atoms with Gasteiger partial charge in [-0.15, -0.1) is 11.3 Å². The number of pyridine rings is 1. The Hall–Kier alpha value is -4.05. The number of aromatic nitrogens is 1. The van der Waals surface area contributed by atoms with Gasteiger partial charge in [0.2, 0.25) is 11.5 Å². The quantitative estimate of drug-likeness (QED) is 0.325. The van der Waals surface area contributed by atoms with Gasteiger partial charge in [0.05, 0.1) is 12.0 Å². The number of alkyl halides is 2. The van der Waals surface area contributed by atoms with Crippen molar-refractivity contribution in [2.45, 2.75) is 19.4 Å². The van der Waals surface area contributed by atoms with Gasteiger partial charge in [-0.1, -0.05) is 24.3 Å². The Morgan fingerprint density at radius 2 is 1.84 bits per heavy atom. The lowest BCUT2D eigenvalue weighted by molar-refractivity contribution is -0.120. The molecule has 0 saturated carbocycles. The number of ether oxygens (including phenoxy) is 1. The van der Waals surface area contributed by atoms with E-state index >= 15 is 0 Å². The molecule has 7 nitrogen and oxygen atoms in total. The number of nitrogens with zero attached hydrogens (tertiary/aromatic N) is 2. The summed E-state index contributed by atoms with van der Waals surface area (Å²) in [6.07, 6.45) is -0.747. The zero-order valence-corrected chi connectivity index (χ0v) is 22.0. The van der Waals surface area contributed by atoms with E-state index < -0.39 is 6.43 Å². The molecule has 10 heteroatoms. The molecule has 0 aliphatic rings. The Morgan fingerprint density at radius 1 is 1.11 bits per heavy atom. The van der Waals surface area contributed by atoms with Crippen LogP contribution in [0.4, 0.5) is 8.78 Å². The monoisotopic (exact) mass is 539 g/mol. The number of carbonyl (C=O) groups is 2. The van der Waals surface area contributed by atoms with Crippen LogP contribution in [0.1, 0.15) is 33.6 Å². The third kappa shape index (κ3) is 5.75. The molecule has 38 heavy (non-hydrogen) atoms. The zero-order valence-electron chi connectivity index (χ0n) is 21.2. The van der Waals surface area contributed by atoms with Gasteiger partial charge in [-0.05, 0) is 35.4 Å². The second-order valence-corrected chi connectivity index (χ2v) is 9.78. The first kappa shape index (κ1) is 27.0. The number of fused-ring (bicyclic) bond motifs is 1. The fourth-order valence-electron chi connectivity index (χ4n) is 4.12. The van der Waals surface area contributed by atoms with E-state index in [1.807, 2.05) is 12.1 Å². The Bertz CT molecular complexity index is 1530. The molecule has 4 aromatic rings. The number of benzene rings is 2. The van der Waals surface area contributed by atoms with Crippen LogP contribution in [-0.2, 0) is 18.4 Å². The van der Waals surface area contributed by atoms with Crippen LogP contribution in [0.15, 0.2) is 65.6 Å². The summed E-state index contributed by atoms with van der Waals surface area (Å²) in [4.78, 5) is 39.6. The van der Waals surface area contributed by atoms with E-state index in [-0.39, 0.29) is 42.4 Å². The zero-order chi connectivity index (χ0) is 27.4. The van der Waals surface area contributed by atoms with Crippen LogP contribution >= 0.6 is 11.3 Å². The van der Waals surface area contributed by atoms with Gasteiger partial charge in [0, 0.05) is 67.1 Å². The molecule has 0 aliphatic carbocycles. The van der Waals surface area contributed by atoms with Crippen LogP contribution < -0.4 is 15.6 Å². The summed E-state index contributed by atoms with van der Waals surface area (Å²) >= 11 is 1.29. The van der Waals surface area contributed by atoms with Gasteiger partial charge >= 0.3 is 0 Å². The van der Waals surface area contributed by atoms with Crippen molar-refractivity contribution in [2.24, 2.45) is 7.05 Å². The smallest absolute Gasteiger partial charge is 0.264 e. The van der Waals surface area contributed by atoms with Gasteiger partial charge in [0.1, 0.15) is 5.75 Å². The van der Waals surface area contributed by atoms with Crippen molar-refractivity contribution >= 4 is 33.2 Å². The number of halogens is 2. The Labute approximate surface area is 222 Å². The Morgan fingerprint density at radius 3 is 2.47 bits per heavy atom. The standard InChI is InChI=1S/C28H27F2N3O4S/c1-31-24(34)12-13-33(15-17-4-6-18(7-5-17)27(29)30)28(36)23-14-21-22(37-3)10-9-20(26(21)38-23)19-8-11-25(35)32(2)16-19/h4-11,14,16,27H,12-13,15H2,1-3H3,(H,31,34). The van der Waals surface area contributed by atoms with Crippen molar-refractivity contribution in [3.8, 4) is 16.9 Å². The van der Waals surface area contributed by atoms with Crippen molar-refractivity contribution in [1.82, 2.24) is 14.8 Å². The molecule has 0 aliphatic heterocycles. The summed E-state index contributed by atoms with van der Waals surface area (Å²) in [6.45, 7) is 0.298. The van der Waals surface area contributed by atoms with Crippen LogP contribution in [0, 0.1) is 0 Å². The average Bonchev–Trinajstić information content (AvgIpc) is 3.37. The van der Waals surface area contributed by atoms with Crippen molar-refractivity contribution in [1.29, 1.82) is 0 Å². The predicted molar refractivity (Wildman–Crippen MR) is 144 cm³/mol. The van der Waals surface area contributed by atoms with E-state index in [0.29, 0.717) is 16.2 Å². The van der Waals surface area contributed by atoms with Gasteiger partial charge in [-0.25, -0.2) is 8.78 Å². The summed E-state index contributed by atoms with van der Waals surface area (Å²) in [7, 11) is 4.75. The lowest BCUT2D eigenvalue weighted by Gasteiger charge is -2.22. The lowest BCUT2D eigenvalue weighted by atomic mass is 10.0. The summed E-state index contributed by atoms with van der Waals surface area (Å²) in [6, 6.07) is 14.5. The number of amides is 2. The van der Waals surface area contributed by atoms with E-state index in [2.05, 4.69) is 5.32 Å². The van der Waals surface area contributed by atoms with Gasteiger partial charge in [-0.3, -0.25) is 14.4 Å². The number of aryl methyl sites for hydroxylation is 1. The third-order valence-electron chi connectivity index (χ3n) is 6.25. The molecule has 0 unspecified atom stereocenters. The minimum atomic E-state index is -2.58. The van der Waals surface area contributed by atoms with Gasteiger partial charge in [-0.2, -0.15) is 0 Å². The molecule has 0 saturated heterocycles. The van der Waals surface area contributed by atoms with E-state index in [1.54, 1.807) is 44.6 Å². The SMILES string of the molecule is CNC(=O)CCN(Cc1ccc(C(F)F)cc1)C(=O)c1cc2c(OC)ccc(-c3ccc(=O)n(C)c3)c2s1. The number of rotatable bonds is 9. The molecular weight excluding hydrogens is 512 g/mol. The molecule has 1 N–H and O–H groups in total. The molecule has 0 bridgehead atoms. The lowest BCUT2D eigenvalue weighted by Crippen LogP contribution is -2.33. The Balaban J connectivity index is 1.73. The molecular formula is C28H27F2N3O4S. The first-order valence-corrected chi connectivity index (χ1v) is 12.7. The topological polar surface area (TPSA) is 80.6 Å². The van der Waals surface area contributed by atoms with E-state index in [4.69, 9.17) is 4.74 Å². The van der Waals surface area contributed by atoms with E-state index in [1.165, 1.54) is 46.1 Å². The highest BCUT2D eigenvalue weighted by Gasteiger charge is 2.22. The van der Waals surface area contributed by atoms with Crippen molar-refractivity contribution in [2.75, 3.05) is 20.7 Å². The second-order valence-electron chi connectivity index (χ2n) is 8.73.